The first-order valence-corrected chi connectivity index (χ1v) is 5.78. The number of aromatic nitrogens is 1. The van der Waals surface area contributed by atoms with E-state index in [1.165, 1.54) is 14.9 Å². The Labute approximate surface area is 99.1 Å². The molecule has 72 valence electrons. The van der Waals surface area contributed by atoms with E-state index in [-0.39, 0.29) is 0 Å². The quantitative estimate of drug-likeness (QED) is 0.866. The van der Waals surface area contributed by atoms with E-state index in [9.17, 15) is 0 Å². The monoisotopic (exact) mass is 318 g/mol. The van der Waals surface area contributed by atoms with Crippen LogP contribution in [-0.2, 0) is 0 Å². The van der Waals surface area contributed by atoms with E-state index in [4.69, 9.17) is 10.5 Å². The molecule has 1 aromatic heterocycles. The molecular weight excluding hydrogens is 311 g/mol. The predicted octanol–water partition coefficient (Wildman–Crippen LogP) is 3.12. The maximum Gasteiger partial charge on any atom is 0.280 e. The number of halogens is 1. The van der Waals surface area contributed by atoms with Gasteiger partial charge in [-0.2, -0.15) is 0 Å². The van der Waals surface area contributed by atoms with Crippen LogP contribution in [0, 0.1) is 3.57 Å². The van der Waals surface area contributed by atoms with Gasteiger partial charge in [-0.3, -0.25) is 0 Å². The highest BCUT2D eigenvalue weighted by atomic mass is 127. The molecule has 2 rings (SSSR count). The number of hydrogen-bond acceptors (Lipinski definition) is 4. The molecule has 1 aromatic carbocycles. The van der Waals surface area contributed by atoms with Gasteiger partial charge in [0, 0.05) is 3.57 Å². The molecule has 14 heavy (non-hydrogen) atoms. The van der Waals surface area contributed by atoms with Crippen LogP contribution < -0.4 is 10.5 Å². The molecule has 0 unspecified atom stereocenters. The Bertz CT molecular complexity index is 427. The van der Waals surface area contributed by atoms with Crippen molar-refractivity contribution in [2.24, 2.45) is 0 Å². The van der Waals surface area contributed by atoms with Gasteiger partial charge in [-0.05, 0) is 46.9 Å². The minimum atomic E-state index is 0.573. The highest BCUT2D eigenvalue weighted by Crippen LogP contribution is 2.27. The van der Waals surface area contributed by atoms with Gasteiger partial charge in [-0.1, -0.05) is 11.3 Å². The number of nitrogens with zero attached hydrogens (tertiary/aromatic N) is 1. The SMILES string of the molecule is Nc1cnc(Oc2ccc(I)cc2)s1. The number of nitrogens with two attached hydrogens (primary N) is 1. The van der Waals surface area contributed by atoms with Crippen molar-refractivity contribution in [2.75, 3.05) is 5.73 Å². The largest absolute Gasteiger partial charge is 0.431 e. The average Bonchev–Trinajstić information content (AvgIpc) is 2.56. The number of anilines is 1. The smallest absolute Gasteiger partial charge is 0.280 e. The Hall–Kier alpha value is -0.820. The van der Waals surface area contributed by atoms with Crippen LogP contribution in [0.4, 0.5) is 5.00 Å². The summed E-state index contributed by atoms with van der Waals surface area (Å²) in [6.07, 6.45) is 1.59. The van der Waals surface area contributed by atoms with Crippen molar-refractivity contribution in [3.8, 4) is 10.9 Å². The molecule has 2 aromatic rings. The fraction of sp³-hybridized carbons (Fsp3) is 0. The number of benzene rings is 1. The first-order chi connectivity index (χ1) is 6.74. The van der Waals surface area contributed by atoms with Crippen molar-refractivity contribution >= 4 is 38.9 Å². The molecule has 0 saturated heterocycles. The van der Waals surface area contributed by atoms with Crippen LogP contribution in [0.5, 0.6) is 10.9 Å². The Balaban J connectivity index is 2.15. The first kappa shape index (κ1) is 9.72. The van der Waals surface area contributed by atoms with Gasteiger partial charge in [0.15, 0.2) is 0 Å². The second-order valence-electron chi connectivity index (χ2n) is 2.58. The molecule has 2 N–H and O–H groups in total. The summed E-state index contributed by atoms with van der Waals surface area (Å²) in [5.74, 6) is 0.778. The van der Waals surface area contributed by atoms with E-state index < -0.39 is 0 Å². The van der Waals surface area contributed by atoms with Crippen molar-refractivity contribution in [2.45, 2.75) is 0 Å². The molecule has 0 aliphatic carbocycles. The summed E-state index contributed by atoms with van der Waals surface area (Å²) in [4.78, 5) is 4.00. The van der Waals surface area contributed by atoms with E-state index in [0.717, 1.165) is 5.75 Å². The van der Waals surface area contributed by atoms with E-state index in [1.807, 2.05) is 24.3 Å². The van der Waals surface area contributed by atoms with Gasteiger partial charge in [0.1, 0.15) is 10.8 Å². The van der Waals surface area contributed by atoms with Crippen molar-refractivity contribution < 1.29 is 4.74 Å². The molecule has 1 heterocycles. The molecule has 0 fully saturated rings. The van der Waals surface area contributed by atoms with Gasteiger partial charge in [0.2, 0.25) is 0 Å². The van der Waals surface area contributed by atoms with Crippen molar-refractivity contribution in [3.63, 3.8) is 0 Å². The Kier molecular flexibility index (Phi) is 2.87. The molecule has 0 aliphatic rings. The average molecular weight is 318 g/mol. The van der Waals surface area contributed by atoms with E-state index in [2.05, 4.69) is 27.6 Å². The first-order valence-electron chi connectivity index (χ1n) is 3.89. The summed E-state index contributed by atoms with van der Waals surface area (Å²) in [5.41, 5.74) is 5.53. The fourth-order valence-electron chi connectivity index (χ4n) is 0.920. The topological polar surface area (TPSA) is 48.1 Å². The fourth-order valence-corrected chi connectivity index (χ4v) is 1.83. The van der Waals surface area contributed by atoms with Gasteiger partial charge >= 0.3 is 0 Å². The number of nitrogen functional groups attached to an aromatic ring is 1. The maximum absolute atomic E-state index is 5.53. The lowest BCUT2D eigenvalue weighted by molar-refractivity contribution is 0.479. The molecule has 5 heteroatoms. The minimum absolute atomic E-state index is 0.573. The second kappa shape index (κ2) is 4.14. The van der Waals surface area contributed by atoms with E-state index in [1.54, 1.807) is 6.20 Å². The maximum atomic E-state index is 5.53. The van der Waals surface area contributed by atoms with Crippen molar-refractivity contribution in [1.29, 1.82) is 0 Å². The highest BCUT2D eigenvalue weighted by molar-refractivity contribution is 14.1. The van der Waals surface area contributed by atoms with Crippen LogP contribution in [0.15, 0.2) is 30.5 Å². The lowest BCUT2D eigenvalue weighted by Gasteiger charge is -2.00. The zero-order valence-corrected chi connectivity index (χ0v) is 10.1. The molecule has 0 saturated carbocycles. The Morgan fingerprint density at radius 2 is 2.00 bits per heavy atom. The number of thiazole rings is 1. The summed E-state index contributed by atoms with van der Waals surface area (Å²) < 4.78 is 6.65. The highest BCUT2D eigenvalue weighted by Gasteiger charge is 2.01. The molecule has 0 spiro atoms. The zero-order chi connectivity index (χ0) is 9.97. The Morgan fingerprint density at radius 3 is 2.57 bits per heavy atom. The molecule has 0 aliphatic heterocycles. The summed E-state index contributed by atoms with van der Waals surface area (Å²) in [7, 11) is 0. The molecular formula is C9H7IN2OS. The van der Waals surface area contributed by atoms with E-state index in [0.29, 0.717) is 10.2 Å². The van der Waals surface area contributed by atoms with Crippen LogP contribution >= 0.6 is 33.9 Å². The second-order valence-corrected chi connectivity index (χ2v) is 4.85. The summed E-state index contributed by atoms with van der Waals surface area (Å²) >= 11 is 3.57. The summed E-state index contributed by atoms with van der Waals surface area (Å²) in [6.45, 7) is 0. The summed E-state index contributed by atoms with van der Waals surface area (Å²) in [6, 6.07) is 7.76. The molecule has 3 nitrogen and oxygen atoms in total. The van der Waals surface area contributed by atoms with Gasteiger partial charge in [0.25, 0.3) is 5.19 Å². The van der Waals surface area contributed by atoms with E-state index >= 15 is 0 Å². The van der Waals surface area contributed by atoms with Gasteiger partial charge in [0.05, 0.1) is 6.20 Å². The molecule has 0 atom stereocenters. The summed E-state index contributed by atoms with van der Waals surface area (Å²) in [5, 5.41) is 1.23. The van der Waals surface area contributed by atoms with Crippen LogP contribution in [0.1, 0.15) is 0 Å². The van der Waals surface area contributed by atoms with Crippen molar-refractivity contribution in [1.82, 2.24) is 4.98 Å². The number of ether oxygens (including phenoxy) is 1. The molecule has 0 bridgehead atoms. The standard InChI is InChI=1S/C9H7IN2OS/c10-6-1-3-7(4-2-6)13-9-12-5-8(11)14-9/h1-5H,11H2. The third kappa shape index (κ3) is 2.36. The lowest BCUT2D eigenvalue weighted by Crippen LogP contribution is -1.81. The number of hydrogen-bond donors (Lipinski definition) is 1. The number of rotatable bonds is 2. The molecule has 0 amide bonds. The van der Waals surface area contributed by atoms with Gasteiger partial charge in [-0.25, -0.2) is 4.98 Å². The minimum Gasteiger partial charge on any atom is -0.431 e. The normalized spacial score (nSPS) is 10.1. The predicted molar refractivity (Wildman–Crippen MR) is 65.8 cm³/mol. The van der Waals surface area contributed by atoms with Crippen molar-refractivity contribution in [3.05, 3.63) is 34.0 Å². The van der Waals surface area contributed by atoms with Crippen LogP contribution in [0.3, 0.4) is 0 Å². The van der Waals surface area contributed by atoms with Crippen LogP contribution in [0.25, 0.3) is 0 Å². The third-order valence-electron chi connectivity index (χ3n) is 1.52. The molecule has 0 radical (unpaired) electrons. The van der Waals surface area contributed by atoms with Gasteiger partial charge in [-0.15, -0.1) is 0 Å². The zero-order valence-electron chi connectivity index (χ0n) is 7.11. The Morgan fingerprint density at radius 1 is 1.29 bits per heavy atom. The third-order valence-corrected chi connectivity index (χ3v) is 2.94. The lowest BCUT2D eigenvalue weighted by atomic mass is 10.3. The van der Waals surface area contributed by atoms with Crippen LogP contribution in [0.2, 0.25) is 0 Å². The van der Waals surface area contributed by atoms with Crippen LogP contribution in [-0.4, -0.2) is 4.98 Å². The van der Waals surface area contributed by atoms with Gasteiger partial charge < -0.3 is 10.5 Å².